The van der Waals surface area contributed by atoms with Crippen LogP contribution in [0.4, 0.5) is 5.69 Å². The lowest BCUT2D eigenvalue weighted by Crippen LogP contribution is -2.19. The van der Waals surface area contributed by atoms with Crippen molar-refractivity contribution >= 4 is 35.0 Å². The standard InChI is InChI=1S/C23H18ClN3O2S/c1-15-12-13-18(14-19(15)24)25-21(28)20(16-8-4-2-5-9-16)30-23-27-26-22(29-23)17-10-6-3-7-11-17/h2-14,20H,1H3,(H,25,28). The van der Waals surface area contributed by atoms with Gasteiger partial charge in [0.2, 0.25) is 11.8 Å². The molecule has 0 radical (unpaired) electrons. The number of anilines is 1. The molecule has 30 heavy (non-hydrogen) atoms. The van der Waals surface area contributed by atoms with Gasteiger partial charge in [-0.15, -0.1) is 10.2 Å². The van der Waals surface area contributed by atoms with E-state index in [-0.39, 0.29) is 5.91 Å². The summed E-state index contributed by atoms with van der Waals surface area (Å²) in [6.45, 7) is 1.91. The molecule has 150 valence electrons. The van der Waals surface area contributed by atoms with Crippen LogP contribution in [0, 0.1) is 6.92 Å². The van der Waals surface area contributed by atoms with E-state index >= 15 is 0 Å². The van der Waals surface area contributed by atoms with E-state index in [0.29, 0.717) is 21.8 Å². The summed E-state index contributed by atoms with van der Waals surface area (Å²) < 4.78 is 5.80. The summed E-state index contributed by atoms with van der Waals surface area (Å²) in [6, 6.07) is 24.4. The highest BCUT2D eigenvalue weighted by atomic mass is 35.5. The topological polar surface area (TPSA) is 68.0 Å². The van der Waals surface area contributed by atoms with E-state index in [1.165, 1.54) is 11.8 Å². The summed E-state index contributed by atoms with van der Waals surface area (Å²) >= 11 is 7.40. The average molecular weight is 436 g/mol. The molecule has 7 heteroatoms. The number of benzene rings is 3. The lowest BCUT2D eigenvalue weighted by molar-refractivity contribution is -0.115. The molecule has 0 aliphatic carbocycles. The van der Waals surface area contributed by atoms with Gasteiger partial charge in [0.25, 0.3) is 5.22 Å². The molecule has 0 aliphatic heterocycles. The fourth-order valence-electron chi connectivity index (χ4n) is 2.83. The van der Waals surface area contributed by atoms with E-state index in [9.17, 15) is 4.79 Å². The SMILES string of the molecule is Cc1ccc(NC(=O)C(Sc2nnc(-c3ccccc3)o2)c2ccccc2)cc1Cl. The van der Waals surface area contributed by atoms with E-state index in [1.807, 2.05) is 79.7 Å². The highest BCUT2D eigenvalue weighted by molar-refractivity contribution is 8.00. The Morgan fingerprint density at radius 3 is 2.40 bits per heavy atom. The number of rotatable bonds is 6. The van der Waals surface area contributed by atoms with Crippen molar-refractivity contribution in [2.75, 3.05) is 5.32 Å². The number of carbonyl (C=O) groups excluding carboxylic acids is 1. The maximum atomic E-state index is 13.1. The Morgan fingerprint density at radius 2 is 1.70 bits per heavy atom. The Morgan fingerprint density at radius 1 is 1.00 bits per heavy atom. The normalized spacial score (nSPS) is 11.8. The molecule has 1 N–H and O–H groups in total. The van der Waals surface area contributed by atoms with E-state index in [1.54, 1.807) is 6.07 Å². The van der Waals surface area contributed by atoms with Crippen molar-refractivity contribution in [3.63, 3.8) is 0 Å². The number of hydrogen-bond donors (Lipinski definition) is 1. The van der Waals surface area contributed by atoms with Gasteiger partial charge in [0, 0.05) is 16.3 Å². The van der Waals surface area contributed by atoms with Crippen LogP contribution in [-0.4, -0.2) is 16.1 Å². The molecule has 1 aromatic heterocycles. The minimum atomic E-state index is -0.574. The summed E-state index contributed by atoms with van der Waals surface area (Å²) in [5.41, 5.74) is 3.24. The number of aromatic nitrogens is 2. The lowest BCUT2D eigenvalue weighted by atomic mass is 10.1. The van der Waals surface area contributed by atoms with Gasteiger partial charge in [-0.1, -0.05) is 66.2 Å². The lowest BCUT2D eigenvalue weighted by Gasteiger charge is -2.15. The number of aryl methyl sites for hydroxylation is 1. The number of nitrogens with one attached hydrogen (secondary N) is 1. The highest BCUT2D eigenvalue weighted by Gasteiger charge is 2.25. The zero-order chi connectivity index (χ0) is 20.9. The monoisotopic (exact) mass is 435 g/mol. The second-order valence-corrected chi connectivity index (χ2v) is 8.06. The second-order valence-electron chi connectivity index (χ2n) is 6.60. The van der Waals surface area contributed by atoms with Crippen molar-refractivity contribution in [2.45, 2.75) is 17.4 Å². The van der Waals surface area contributed by atoms with E-state index in [4.69, 9.17) is 16.0 Å². The number of carbonyl (C=O) groups is 1. The summed E-state index contributed by atoms with van der Waals surface area (Å²) in [5.74, 6) is 0.209. The van der Waals surface area contributed by atoms with E-state index < -0.39 is 5.25 Å². The Labute approximate surface area is 183 Å². The molecule has 4 aromatic rings. The van der Waals surface area contributed by atoms with Gasteiger partial charge in [-0.25, -0.2) is 0 Å². The van der Waals surface area contributed by atoms with E-state index in [0.717, 1.165) is 16.7 Å². The van der Waals surface area contributed by atoms with Crippen LogP contribution < -0.4 is 5.32 Å². The number of hydrogen-bond acceptors (Lipinski definition) is 5. The van der Waals surface area contributed by atoms with Gasteiger partial charge in [0.15, 0.2) is 0 Å². The fraction of sp³-hybridized carbons (Fsp3) is 0.0870. The van der Waals surface area contributed by atoms with Crippen molar-refractivity contribution < 1.29 is 9.21 Å². The van der Waals surface area contributed by atoms with Crippen LogP contribution in [0.1, 0.15) is 16.4 Å². The van der Waals surface area contributed by atoms with Gasteiger partial charge in [0.05, 0.1) is 0 Å². The molecule has 3 aromatic carbocycles. The van der Waals surface area contributed by atoms with Crippen molar-refractivity contribution in [2.24, 2.45) is 0 Å². The predicted octanol–water partition coefficient (Wildman–Crippen LogP) is 6.17. The van der Waals surface area contributed by atoms with Crippen LogP contribution in [0.2, 0.25) is 5.02 Å². The number of thioether (sulfide) groups is 1. The smallest absolute Gasteiger partial charge is 0.277 e. The summed E-state index contributed by atoms with van der Waals surface area (Å²) in [7, 11) is 0. The molecular weight excluding hydrogens is 418 g/mol. The van der Waals surface area contributed by atoms with Crippen LogP contribution >= 0.6 is 23.4 Å². The summed E-state index contributed by atoms with van der Waals surface area (Å²) in [4.78, 5) is 13.1. The minimum absolute atomic E-state index is 0.203. The molecular formula is C23H18ClN3O2S. The summed E-state index contributed by atoms with van der Waals surface area (Å²) in [6.07, 6.45) is 0. The van der Waals surface area contributed by atoms with E-state index in [2.05, 4.69) is 15.5 Å². The van der Waals surface area contributed by atoms with Crippen molar-refractivity contribution in [3.8, 4) is 11.5 Å². The van der Waals surface area contributed by atoms with Crippen molar-refractivity contribution in [1.82, 2.24) is 10.2 Å². The van der Waals surface area contributed by atoms with Crippen molar-refractivity contribution in [3.05, 3.63) is 95.0 Å². The molecule has 0 saturated carbocycles. The largest absolute Gasteiger partial charge is 0.411 e. The Hall–Kier alpha value is -3.09. The first-order chi connectivity index (χ1) is 14.6. The molecule has 1 unspecified atom stereocenters. The van der Waals surface area contributed by atoms with Crippen LogP contribution in [-0.2, 0) is 4.79 Å². The Bertz CT molecular complexity index is 1150. The molecule has 0 aliphatic rings. The van der Waals surface area contributed by atoms with Gasteiger partial charge in [-0.2, -0.15) is 0 Å². The highest BCUT2D eigenvalue weighted by Crippen LogP contribution is 2.36. The average Bonchev–Trinajstić information content (AvgIpc) is 3.24. The molecule has 0 spiro atoms. The Balaban J connectivity index is 1.58. The molecule has 1 amide bonds. The van der Waals surface area contributed by atoms with Gasteiger partial charge in [0.1, 0.15) is 5.25 Å². The Kier molecular flexibility index (Phi) is 6.16. The zero-order valence-electron chi connectivity index (χ0n) is 16.1. The van der Waals surface area contributed by atoms with Gasteiger partial charge >= 0.3 is 0 Å². The summed E-state index contributed by atoms with van der Waals surface area (Å²) in [5, 5.41) is 11.5. The molecule has 0 fully saturated rings. The van der Waals surface area contributed by atoms with Crippen LogP contribution in [0.25, 0.3) is 11.5 Å². The third-order valence-corrected chi connectivity index (χ3v) is 5.92. The van der Waals surface area contributed by atoms with Gasteiger partial charge < -0.3 is 9.73 Å². The minimum Gasteiger partial charge on any atom is -0.411 e. The van der Waals surface area contributed by atoms with Gasteiger partial charge in [-0.3, -0.25) is 4.79 Å². The third-order valence-electron chi connectivity index (χ3n) is 4.43. The fourth-order valence-corrected chi connectivity index (χ4v) is 3.89. The quantitative estimate of drug-likeness (QED) is 0.367. The van der Waals surface area contributed by atoms with Crippen LogP contribution in [0.5, 0.6) is 0 Å². The predicted molar refractivity (Wildman–Crippen MR) is 120 cm³/mol. The zero-order valence-corrected chi connectivity index (χ0v) is 17.7. The molecule has 1 atom stereocenters. The second kappa shape index (κ2) is 9.15. The molecule has 0 saturated heterocycles. The maximum Gasteiger partial charge on any atom is 0.277 e. The number of amides is 1. The van der Waals surface area contributed by atoms with Crippen molar-refractivity contribution in [1.29, 1.82) is 0 Å². The van der Waals surface area contributed by atoms with Crippen LogP contribution in [0.3, 0.4) is 0 Å². The molecule has 1 heterocycles. The van der Waals surface area contributed by atoms with Gasteiger partial charge in [-0.05, 0) is 54.1 Å². The molecule has 4 rings (SSSR count). The number of nitrogens with zero attached hydrogens (tertiary/aromatic N) is 2. The number of halogens is 1. The first-order valence-electron chi connectivity index (χ1n) is 9.28. The maximum absolute atomic E-state index is 13.1. The first-order valence-corrected chi connectivity index (χ1v) is 10.5. The first kappa shape index (κ1) is 20.2. The van der Waals surface area contributed by atoms with Crippen LogP contribution in [0.15, 0.2) is 88.5 Å². The molecule has 5 nitrogen and oxygen atoms in total. The molecule has 0 bridgehead atoms. The third kappa shape index (κ3) is 4.72.